The Morgan fingerprint density at radius 2 is 2.07 bits per heavy atom. The van der Waals surface area contributed by atoms with Gasteiger partial charge in [-0.3, -0.25) is 0 Å². The second kappa shape index (κ2) is 4.90. The molecule has 1 fully saturated rings. The molecule has 0 aliphatic heterocycles. The Morgan fingerprint density at radius 1 is 1.33 bits per heavy atom. The normalized spacial score (nSPS) is 26.5. The zero-order chi connectivity index (χ0) is 10.7. The van der Waals surface area contributed by atoms with E-state index >= 15 is 0 Å². The first-order chi connectivity index (χ1) is 7.28. The number of hydrogen-bond acceptors (Lipinski definition) is 5. The van der Waals surface area contributed by atoms with Crippen molar-refractivity contribution in [1.82, 2.24) is 10.2 Å². The van der Waals surface area contributed by atoms with Gasteiger partial charge in [0.05, 0.1) is 0 Å². The Kier molecular flexibility index (Phi) is 3.53. The molecule has 84 valence electrons. The van der Waals surface area contributed by atoms with Crippen molar-refractivity contribution in [3.8, 4) is 5.19 Å². The van der Waals surface area contributed by atoms with Gasteiger partial charge in [0.25, 0.3) is 5.19 Å². The van der Waals surface area contributed by atoms with Crippen LogP contribution in [0.5, 0.6) is 5.19 Å². The summed E-state index contributed by atoms with van der Waals surface area (Å²) in [7, 11) is 0. The SMILES string of the molecule is CC1CCC(Oc2nnc(CN)s2)CC1. The van der Waals surface area contributed by atoms with E-state index in [0.29, 0.717) is 17.8 Å². The summed E-state index contributed by atoms with van der Waals surface area (Å²) in [6.45, 7) is 2.75. The van der Waals surface area contributed by atoms with Gasteiger partial charge in [-0.15, -0.1) is 5.10 Å². The second-order valence-electron chi connectivity index (χ2n) is 4.17. The molecule has 1 heterocycles. The Morgan fingerprint density at radius 3 is 2.67 bits per heavy atom. The maximum Gasteiger partial charge on any atom is 0.294 e. The molecule has 0 amide bonds. The highest BCUT2D eigenvalue weighted by Gasteiger charge is 2.20. The van der Waals surface area contributed by atoms with Crippen LogP contribution < -0.4 is 10.5 Å². The van der Waals surface area contributed by atoms with E-state index < -0.39 is 0 Å². The van der Waals surface area contributed by atoms with E-state index in [2.05, 4.69) is 17.1 Å². The molecular weight excluding hydrogens is 210 g/mol. The smallest absolute Gasteiger partial charge is 0.294 e. The molecule has 1 aliphatic rings. The number of rotatable bonds is 3. The Balaban J connectivity index is 1.86. The van der Waals surface area contributed by atoms with Gasteiger partial charge in [0.15, 0.2) is 0 Å². The van der Waals surface area contributed by atoms with Crippen molar-refractivity contribution >= 4 is 11.3 Å². The molecule has 0 spiro atoms. The summed E-state index contributed by atoms with van der Waals surface area (Å²) in [6, 6.07) is 0. The average Bonchev–Trinajstić information content (AvgIpc) is 2.69. The molecule has 2 rings (SSSR count). The van der Waals surface area contributed by atoms with Gasteiger partial charge in [0.2, 0.25) is 0 Å². The molecule has 5 heteroatoms. The van der Waals surface area contributed by atoms with Gasteiger partial charge in [-0.1, -0.05) is 23.4 Å². The number of hydrogen-bond donors (Lipinski definition) is 1. The van der Waals surface area contributed by atoms with Crippen LogP contribution in [0.3, 0.4) is 0 Å². The van der Waals surface area contributed by atoms with Gasteiger partial charge in [0.1, 0.15) is 11.1 Å². The predicted octanol–water partition coefficient (Wildman–Crippen LogP) is 1.95. The summed E-state index contributed by atoms with van der Waals surface area (Å²) in [5, 5.41) is 9.42. The number of aromatic nitrogens is 2. The minimum absolute atomic E-state index is 0.333. The van der Waals surface area contributed by atoms with Crippen LogP contribution in [0.1, 0.15) is 37.6 Å². The van der Waals surface area contributed by atoms with Gasteiger partial charge in [-0.2, -0.15) is 0 Å². The third-order valence-electron chi connectivity index (χ3n) is 2.85. The van der Waals surface area contributed by atoms with Gasteiger partial charge in [-0.05, 0) is 31.6 Å². The van der Waals surface area contributed by atoms with Crippen LogP contribution in [0.25, 0.3) is 0 Å². The third-order valence-corrected chi connectivity index (χ3v) is 3.69. The molecule has 0 bridgehead atoms. The van der Waals surface area contributed by atoms with Gasteiger partial charge in [0, 0.05) is 6.54 Å². The van der Waals surface area contributed by atoms with E-state index in [9.17, 15) is 0 Å². The first-order valence-corrected chi connectivity index (χ1v) is 6.28. The van der Waals surface area contributed by atoms with Crippen LogP contribution in [0, 0.1) is 5.92 Å². The van der Waals surface area contributed by atoms with Crippen LogP contribution in [0.15, 0.2) is 0 Å². The second-order valence-corrected chi connectivity index (χ2v) is 5.19. The van der Waals surface area contributed by atoms with Crippen LogP contribution in [-0.4, -0.2) is 16.3 Å². The Bertz CT molecular complexity index is 307. The van der Waals surface area contributed by atoms with Gasteiger partial charge >= 0.3 is 0 Å². The van der Waals surface area contributed by atoms with Crippen LogP contribution >= 0.6 is 11.3 Å². The molecule has 4 nitrogen and oxygen atoms in total. The maximum absolute atomic E-state index is 5.78. The van der Waals surface area contributed by atoms with Crippen molar-refractivity contribution in [2.45, 2.75) is 45.3 Å². The summed E-state index contributed by atoms with van der Waals surface area (Å²) in [4.78, 5) is 0. The zero-order valence-electron chi connectivity index (χ0n) is 8.98. The molecule has 0 unspecified atom stereocenters. The lowest BCUT2D eigenvalue weighted by atomic mass is 9.89. The number of ether oxygens (including phenoxy) is 1. The fraction of sp³-hybridized carbons (Fsp3) is 0.800. The standard InChI is InChI=1S/C10H17N3OS/c1-7-2-4-8(5-3-7)14-10-13-12-9(6-11)15-10/h7-8H,2-6,11H2,1H3. The minimum Gasteiger partial charge on any atom is -0.466 e. The van der Waals surface area contributed by atoms with Crippen molar-refractivity contribution in [1.29, 1.82) is 0 Å². The first kappa shape index (κ1) is 10.8. The molecule has 1 aliphatic carbocycles. The van der Waals surface area contributed by atoms with Crippen molar-refractivity contribution in [2.75, 3.05) is 0 Å². The highest BCUT2D eigenvalue weighted by atomic mass is 32.1. The first-order valence-electron chi connectivity index (χ1n) is 5.47. The molecular formula is C10H17N3OS. The van der Waals surface area contributed by atoms with Crippen molar-refractivity contribution in [2.24, 2.45) is 11.7 Å². The predicted molar refractivity (Wildman–Crippen MR) is 59.8 cm³/mol. The fourth-order valence-corrected chi connectivity index (χ4v) is 2.49. The molecule has 1 aromatic heterocycles. The van der Waals surface area contributed by atoms with E-state index in [1.54, 1.807) is 0 Å². The van der Waals surface area contributed by atoms with Crippen LogP contribution in [0.4, 0.5) is 0 Å². The van der Waals surface area contributed by atoms with E-state index in [-0.39, 0.29) is 0 Å². The largest absolute Gasteiger partial charge is 0.466 e. The lowest BCUT2D eigenvalue weighted by Crippen LogP contribution is -2.22. The summed E-state index contributed by atoms with van der Waals surface area (Å²) in [6.07, 6.45) is 5.12. The highest BCUT2D eigenvalue weighted by Crippen LogP contribution is 2.28. The van der Waals surface area contributed by atoms with E-state index in [1.165, 1.54) is 24.2 Å². The van der Waals surface area contributed by atoms with E-state index in [1.807, 2.05) is 0 Å². The number of nitrogens with two attached hydrogens (primary N) is 1. The maximum atomic E-state index is 5.78. The van der Waals surface area contributed by atoms with Crippen LogP contribution in [0.2, 0.25) is 0 Å². The quantitative estimate of drug-likeness (QED) is 0.857. The summed E-state index contributed by atoms with van der Waals surface area (Å²) in [5.41, 5.74) is 5.47. The minimum atomic E-state index is 0.333. The lowest BCUT2D eigenvalue weighted by molar-refractivity contribution is 0.134. The molecule has 1 aromatic rings. The topological polar surface area (TPSA) is 61.0 Å². The fourth-order valence-electron chi connectivity index (χ4n) is 1.86. The third kappa shape index (κ3) is 2.89. The van der Waals surface area contributed by atoms with Crippen molar-refractivity contribution in [3.05, 3.63) is 5.01 Å². The zero-order valence-corrected chi connectivity index (χ0v) is 9.80. The summed E-state index contributed by atoms with van der Waals surface area (Å²) >= 11 is 1.46. The number of nitrogens with zero attached hydrogens (tertiary/aromatic N) is 2. The monoisotopic (exact) mass is 227 g/mol. The van der Waals surface area contributed by atoms with Crippen molar-refractivity contribution in [3.63, 3.8) is 0 Å². The average molecular weight is 227 g/mol. The van der Waals surface area contributed by atoms with Crippen molar-refractivity contribution < 1.29 is 4.74 Å². The summed E-state index contributed by atoms with van der Waals surface area (Å²) in [5.74, 6) is 0.846. The molecule has 2 N–H and O–H groups in total. The molecule has 0 radical (unpaired) electrons. The Hall–Kier alpha value is -0.680. The molecule has 0 saturated heterocycles. The van der Waals surface area contributed by atoms with Crippen LogP contribution in [-0.2, 0) is 6.54 Å². The molecule has 0 aromatic carbocycles. The van der Waals surface area contributed by atoms with Gasteiger partial charge < -0.3 is 10.5 Å². The molecule has 15 heavy (non-hydrogen) atoms. The van der Waals surface area contributed by atoms with Gasteiger partial charge in [-0.25, -0.2) is 0 Å². The molecule has 0 atom stereocenters. The van der Waals surface area contributed by atoms with E-state index in [0.717, 1.165) is 23.8 Å². The highest BCUT2D eigenvalue weighted by molar-refractivity contribution is 7.13. The Labute approximate surface area is 93.8 Å². The van der Waals surface area contributed by atoms with E-state index in [4.69, 9.17) is 10.5 Å². The summed E-state index contributed by atoms with van der Waals surface area (Å²) < 4.78 is 5.78. The molecule has 1 saturated carbocycles. The lowest BCUT2D eigenvalue weighted by Gasteiger charge is -2.25.